The van der Waals surface area contributed by atoms with Gasteiger partial charge in [0.05, 0.1) is 6.42 Å². The molecule has 2 rings (SSSR count). The van der Waals surface area contributed by atoms with Gasteiger partial charge in [-0.3, -0.25) is 4.79 Å². The summed E-state index contributed by atoms with van der Waals surface area (Å²) in [5, 5.41) is 3.34. The third-order valence-corrected chi connectivity index (χ3v) is 3.03. The van der Waals surface area contributed by atoms with E-state index in [0.717, 1.165) is 21.7 Å². The highest BCUT2D eigenvalue weighted by molar-refractivity contribution is 6.30. The number of nitrogens with one attached hydrogen (secondary N) is 1. The quantitative estimate of drug-likeness (QED) is 0.900. The van der Waals surface area contributed by atoms with Crippen LogP contribution in [0.5, 0.6) is 0 Å². The lowest BCUT2D eigenvalue weighted by molar-refractivity contribution is -0.119. The number of halogens is 1. The molecule has 0 aliphatic rings. The lowest BCUT2D eigenvalue weighted by atomic mass is 10.0. The minimum atomic E-state index is 0.0224. The van der Waals surface area contributed by atoms with Crippen molar-refractivity contribution in [1.29, 1.82) is 0 Å². The fraction of sp³-hybridized carbons (Fsp3) is 0.133. The molecule has 3 heteroatoms. The first-order valence-electron chi connectivity index (χ1n) is 5.74. The van der Waals surface area contributed by atoms with Crippen LogP contribution in [0.25, 0.3) is 11.1 Å². The van der Waals surface area contributed by atoms with Gasteiger partial charge in [-0.05, 0) is 28.8 Å². The van der Waals surface area contributed by atoms with Crippen molar-refractivity contribution >= 4 is 17.5 Å². The molecule has 0 unspecified atom stereocenters. The third kappa shape index (κ3) is 3.11. The smallest absolute Gasteiger partial charge is 0.224 e. The number of carbonyl (C=O) groups is 1. The second-order valence-corrected chi connectivity index (χ2v) is 4.49. The molecule has 0 fully saturated rings. The number of rotatable bonds is 3. The van der Waals surface area contributed by atoms with Crippen molar-refractivity contribution in [3.8, 4) is 11.1 Å². The van der Waals surface area contributed by atoms with Gasteiger partial charge < -0.3 is 5.32 Å². The highest BCUT2D eigenvalue weighted by Gasteiger charge is 2.02. The predicted octanol–water partition coefficient (Wildman–Crippen LogP) is 3.30. The lowest BCUT2D eigenvalue weighted by Crippen LogP contribution is -2.19. The van der Waals surface area contributed by atoms with Gasteiger partial charge in [-0.2, -0.15) is 0 Å². The maximum Gasteiger partial charge on any atom is 0.224 e. The first-order valence-corrected chi connectivity index (χ1v) is 6.12. The average molecular weight is 260 g/mol. The first-order chi connectivity index (χ1) is 8.69. The maximum atomic E-state index is 11.2. The van der Waals surface area contributed by atoms with Crippen molar-refractivity contribution in [3.05, 3.63) is 59.1 Å². The molecule has 0 bridgehead atoms. The van der Waals surface area contributed by atoms with Crippen molar-refractivity contribution in [2.45, 2.75) is 6.42 Å². The van der Waals surface area contributed by atoms with E-state index in [4.69, 9.17) is 11.6 Å². The van der Waals surface area contributed by atoms with Gasteiger partial charge in [-0.1, -0.05) is 48.0 Å². The molecule has 92 valence electrons. The largest absolute Gasteiger partial charge is 0.359 e. The summed E-state index contributed by atoms with van der Waals surface area (Å²) in [6, 6.07) is 15.7. The van der Waals surface area contributed by atoms with Gasteiger partial charge >= 0.3 is 0 Å². The van der Waals surface area contributed by atoms with Crippen LogP contribution in [-0.2, 0) is 11.2 Å². The Kier molecular flexibility index (Phi) is 4.00. The molecule has 18 heavy (non-hydrogen) atoms. The molecule has 0 saturated carbocycles. The van der Waals surface area contributed by atoms with Crippen LogP contribution in [0.15, 0.2) is 48.5 Å². The first kappa shape index (κ1) is 12.7. The van der Waals surface area contributed by atoms with Crippen molar-refractivity contribution in [1.82, 2.24) is 5.32 Å². The van der Waals surface area contributed by atoms with Crippen molar-refractivity contribution < 1.29 is 4.79 Å². The molecule has 1 N–H and O–H groups in total. The van der Waals surface area contributed by atoms with Gasteiger partial charge in [0, 0.05) is 12.1 Å². The van der Waals surface area contributed by atoms with Crippen LogP contribution in [0.2, 0.25) is 5.02 Å². The molecule has 2 nitrogen and oxygen atoms in total. The van der Waals surface area contributed by atoms with Crippen LogP contribution in [0, 0.1) is 0 Å². The van der Waals surface area contributed by atoms with E-state index in [2.05, 4.69) is 5.32 Å². The van der Waals surface area contributed by atoms with Crippen LogP contribution in [0.4, 0.5) is 0 Å². The second-order valence-electron chi connectivity index (χ2n) is 4.05. The fourth-order valence-electron chi connectivity index (χ4n) is 1.73. The third-order valence-electron chi connectivity index (χ3n) is 2.78. The SMILES string of the molecule is CNC(=O)Cc1ccc(-c2ccc(Cl)cc2)cc1. The molecule has 0 spiro atoms. The summed E-state index contributed by atoms with van der Waals surface area (Å²) in [5.41, 5.74) is 3.24. The number of carbonyl (C=O) groups excluding carboxylic acids is 1. The Morgan fingerprint density at radius 1 is 1.00 bits per heavy atom. The van der Waals surface area contributed by atoms with E-state index in [1.807, 2.05) is 48.5 Å². The molecule has 0 saturated heterocycles. The molecule has 1 amide bonds. The Bertz CT molecular complexity index is 531. The Labute approximate surface area is 112 Å². The van der Waals surface area contributed by atoms with Gasteiger partial charge in [-0.25, -0.2) is 0 Å². The van der Waals surface area contributed by atoms with Gasteiger partial charge in [0.15, 0.2) is 0 Å². The summed E-state index contributed by atoms with van der Waals surface area (Å²) < 4.78 is 0. The van der Waals surface area contributed by atoms with Gasteiger partial charge in [-0.15, -0.1) is 0 Å². The van der Waals surface area contributed by atoms with Crippen LogP contribution >= 0.6 is 11.6 Å². The highest BCUT2D eigenvalue weighted by Crippen LogP contribution is 2.21. The molecule has 2 aromatic carbocycles. The Hall–Kier alpha value is -1.80. The fourth-order valence-corrected chi connectivity index (χ4v) is 1.86. The van der Waals surface area contributed by atoms with E-state index in [0.29, 0.717) is 6.42 Å². The molecule has 0 aliphatic carbocycles. The summed E-state index contributed by atoms with van der Waals surface area (Å²) in [6.45, 7) is 0. The minimum Gasteiger partial charge on any atom is -0.359 e. The average Bonchev–Trinajstić information content (AvgIpc) is 2.40. The van der Waals surface area contributed by atoms with Gasteiger partial charge in [0.25, 0.3) is 0 Å². The summed E-state index contributed by atoms with van der Waals surface area (Å²) in [6.07, 6.45) is 0.414. The maximum absolute atomic E-state index is 11.2. The molecular weight excluding hydrogens is 246 g/mol. The molecule has 0 radical (unpaired) electrons. The number of likely N-dealkylation sites (N-methyl/N-ethyl adjacent to an activating group) is 1. The zero-order valence-electron chi connectivity index (χ0n) is 10.1. The molecule has 0 aromatic heterocycles. The van der Waals surface area contributed by atoms with E-state index in [1.54, 1.807) is 7.05 Å². The normalized spacial score (nSPS) is 10.1. The lowest BCUT2D eigenvalue weighted by Gasteiger charge is -2.04. The van der Waals surface area contributed by atoms with E-state index >= 15 is 0 Å². The summed E-state index contributed by atoms with van der Waals surface area (Å²) in [7, 11) is 1.64. The van der Waals surface area contributed by atoms with Crippen LogP contribution in [-0.4, -0.2) is 13.0 Å². The second kappa shape index (κ2) is 5.69. The topological polar surface area (TPSA) is 29.1 Å². The van der Waals surface area contributed by atoms with E-state index in [9.17, 15) is 4.79 Å². The van der Waals surface area contributed by atoms with Crippen LogP contribution in [0.1, 0.15) is 5.56 Å². The summed E-state index contributed by atoms with van der Waals surface area (Å²) in [5.74, 6) is 0.0224. The van der Waals surface area contributed by atoms with Crippen molar-refractivity contribution in [3.63, 3.8) is 0 Å². The van der Waals surface area contributed by atoms with E-state index < -0.39 is 0 Å². The van der Waals surface area contributed by atoms with Crippen molar-refractivity contribution in [2.75, 3.05) is 7.05 Å². The molecule has 0 heterocycles. The number of hydrogen-bond donors (Lipinski definition) is 1. The van der Waals surface area contributed by atoms with E-state index in [1.165, 1.54) is 0 Å². The Morgan fingerprint density at radius 2 is 1.50 bits per heavy atom. The zero-order valence-corrected chi connectivity index (χ0v) is 10.9. The molecule has 0 atom stereocenters. The van der Waals surface area contributed by atoms with Crippen LogP contribution in [0.3, 0.4) is 0 Å². The Balaban J connectivity index is 2.17. The number of benzene rings is 2. The van der Waals surface area contributed by atoms with Gasteiger partial charge in [0.2, 0.25) is 5.91 Å². The minimum absolute atomic E-state index is 0.0224. The summed E-state index contributed by atoms with van der Waals surface area (Å²) >= 11 is 5.85. The number of hydrogen-bond acceptors (Lipinski definition) is 1. The molecule has 2 aromatic rings. The standard InChI is InChI=1S/C15H14ClNO/c1-17-15(18)10-11-2-4-12(5-3-11)13-6-8-14(16)9-7-13/h2-9H,10H2,1H3,(H,17,18). The summed E-state index contributed by atoms with van der Waals surface area (Å²) in [4.78, 5) is 11.2. The van der Waals surface area contributed by atoms with Gasteiger partial charge in [0.1, 0.15) is 0 Å². The highest BCUT2D eigenvalue weighted by atomic mass is 35.5. The molecule has 0 aliphatic heterocycles. The Morgan fingerprint density at radius 3 is 2.00 bits per heavy atom. The van der Waals surface area contributed by atoms with E-state index in [-0.39, 0.29) is 5.91 Å². The van der Waals surface area contributed by atoms with Crippen molar-refractivity contribution in [2.24, 2.45) is 0 Å². The molecular formula is C15H14ClNO. The zero-order chi connectivity index (χ0) is 13.0. The monoisotopic (exact) mass is 259 g/mol. The van der Waals surface area contributed by atoms with Crippen LogP contribution < -0.4 is 5.32 Å². The number of amides is 1. The predicted molar refractivity (Wildman–Crippen MR) is 74.7 cm³/mol.